The van der Waals surface area contributed by atoms with Crippen molar-refractivity contribution < 1.29 is 22.7 Å². The average Bonchev–Trinajstić information content (AvgIpc) is 3.17. The van der Waals surface area contributed by atoms with Gasteiger partial charge in [0.1, 0.15) is 5.75 Å². The van der Waals surface area contributed by atoms with E-state index in [0.717, 1.165) is 19.3 Å². The van der Waals surface area contributed by atoms with E-state index in [1.54, 1.807) is 17.0 Å². The summed E-state index contributed by atoms with van der Waals surface area (Å²) in [5, 5.41) is 2.88. The molecule has 9 heteroatoms. The van der Waals surface area contributed by atoms with Crippen LogP contribution in [0.15, 0.2) is 29.2 Å². The van der Waals surface area contributed by atoms with Crippen LogP contribution in [0.5, 0.6) is 5.75 Å². The lowest BCUT2D eigenvalue weighted by Crippen LogP contribution is -2.46. The molecule has 29 heavy (non-hydrogen) atoms. The van der Waals surface area contributed by atoms with E-state index in [0.29, 0.717) is 18.7 Å². The molecule has 1 saturated heterocycles. The van der Waals surface area contributed by atoms with Gasteiger partial charge in [-0.3, -0.25) is 9.59 Å². The summed E-state index contributed by atoms with van der Waals surface area (Å²) in [6.45, 7) is 2.65. The number of hydrogen-bond donors (Lipinski definition) is 1. The first kappa shape index (κ1) is 21.6. The normalized spacial score (nSPS) is 24.3. The summed E-state index contributed by atoms with van der Waals surface area (Å²) >= 11 is 0. The van der Waals surface area contributed by atoms with E-state index in [9.17, 15) is 18.0 Å². The van der Waals surface area contributed by atoms with Gasteiger partial charge >= 0.3 is 0 Å². The summed E-state index contributed by atoms with van der Waals surface area (Å²) in [4.78, 5) is 26.8. The maximum absolute atomic E-state index is 13.2. The molecule has 0 aromatic heterocycles. The Bertz CT molecular complexity index is 857. The first-order chi connectivity index (χ1) is 13.8. The molecule has 2 aliphatic rings. The number of methoxy groups -OCH3 is 1. The predicted octanol–water partition coefficient (Wildman–Crippen LogP) is 1.22. The smallest absolute Gasteiger partial charge is 0.243 e. The molecule has 3 rings (SSSR count). The lowest BCUT2D eigenvalue weighted by Gasteiger charge is -2.31. The molecule has 1 aliphatic carbocycles. The number of fused-ring (bicyclic) bond motifs is 1. The number of sulfonamides is 1. The van der Waals surface area contributed by atoms with Crippen molar-refractivity contribution >= 4 is 21.8 Å². The number of carbonyl (C=O) groups excluding carboxylic acids is 2. The average molecular weight is 424 g/mol. The summed E-state index contributed by atoms with van der Waals surface area (Å²) in [5.41, 5.74) is 0. The highest BCUT2D eigenvalue weighted by atomic mass is 32.2. The van der Waals surface area contributed by atoms with Crippen molar-refractivity contribution in [2.45, 2.75) is 43.5 Å². The highest BCUT2D eigenvalue weighted by Gasteiger charge is 2.38. The Kier molecular flexibility index (Phi) is 6.79. The molecule has 2 amide bonds. The summed E-state index contributed by atoms with van der Waals surface area (Å²) < 4.78 is 32.9. The second-order valence-corrected chi connectivity index (χ2v) is 9.48. The van der Waals surface area contributed by atoms with Gasteiger partial charge in [-0.2, -0.15) is 4.31 Å². The first-order valence-electron chi connectivity index (χ1n) is 10.0. The Morgan fingerprint density at radius 2 is 1.97 bits per heavy atom. The Morgan fingerprint density at radius 3 is 2.69 bits per heavy atom. The van der Waals surface area contributed by atoms with Crippen molar-refractivity contribution in [2.75, 3.05) is 33.3 Å². The molecule has 8 nitrogen and oxygen atoms in total. The third kappa shape index (κ3) is 4.72. The number of rotatable bonds is 3. The van der Waals surface area contributed by atoms with Gasteiger partial charge in [0.2, 0.25) is 21.8 Å². The van der Waals surface area contributed by atoms with Crippen LogP contribution in [0.3, 0.4) is 0 Å². The van der Waals surface area contributed by atoms with Crippen molar-refractivity contribution in [3.05, 3.63) is 24.3 Å². The first-order valence-corrected chi connectivity index (χ1v) is 11.5. The van der Waals surface area contributed by atoms with Crippen molar-refractivity contribution in [3.63, 3.8) is 0 Å². The van der Waals surface area contributed by atoms with Gasteiger partial charge in [0, 0.05) is 45.2 Å². The number of amides is 2. The van der Waals surface area contributed by atoms with Gasteiger partial charge in [0.15, 0.2) is 0 Å². The molecule has 1 aliphatic heterocycles. The molecule has 2 fully saturated rings. The molecule has 0 bridgehead atoms. The zero-order valence-electron chi connectivity index (χ0n) is 17.0. The van der Waals surface area contributed by atoms with Gasteiger partial charge in [0.05, 0.1) is 17.9 Å². The van der Waals surface area contributed by atoms with Gasteiger partial charge in [-0.1, -0.05) is 12.5 Å². The van der Waals surface area contributed by atoms with E-state index in [1.165, 1.54) is 30.5 Å². The van der Waals surface area contributed by atoms with Gasteiger partial charge in [-0.25, -0.2) is 8.42 Å². The third-order valence-corrected chi connectivity index (χ3v) is 7.66. The van der Waals surface area contributed by atoms with Crippen molar-refractivity contribution in [1.29, 1.82) is 0 Å². The van der Waals surface area contributed by atoms with Gasteiger partial charge in [0.25, 0.3) is 0 Å². The highest BCUT2D eigenvalue weighted by molar-refractivity contribution is 7.89. The zero-order valence-corrected chi connectivity index (χ0v) is 17.8. The molecule has 2 atom stereocenters. The molecule has 1 saturated carbocycles. The lowest BCUT2D eigenvalue weighted by molar-refractivity contribution is -0.134. The topological polar surface area (TPSA) is 96.0 Å². The van der Waals surface area contributed by atoms with E-state index in [4.69, 9.17) is 4.74 Å². The number of nitrogens with one attached hydrogen (secondary N) is 1. The predicted molar refractivity (Wildman–Crippen MR) is 108 cm³/mol. The SMILES string of the molecule is COc1cccc(S(=O)(=O)N2CCCN(C(C)=O)[C@H]3CCC[C@H]3C(=O)NCC2)c1. The maximum Gasteiger partial charge on any atom is 0.243 e. The summed E-state index contributed by atoms with van der Waals surface area (Å²) in [5.74, 6) is 0.0730. The molecule has 0 radical (unpaired) electrons. The number of benzene rings is 1. The molecule has 0 unspecified atom stereocenters. The fraction of sp³-hybridized carbons (Fsp3) is 0.600. The van der Waals surface area contributed by atoms with Gasteiger partial charge < -0.3 is 15.0 Å². The van der Waals surface area contributed by atoms with Crippen LogP contribution in [0.1, 0.15) is 32.6 Å². The van der Waals surface area contributed by atoms with Crippen molar-refractivity contribution in [2.24, 2.45) is 5.92 Å². The summed E-state index contributed by atoms with van der Waals surface area (Å²) in [7, 11) is -2.26. The lowest BCUT2D eigenvalue weighted by atomic mass is 10.0. The molecule has 1 heterocycles. The van der Waals surface area contributed by atoms with Crippen LogP contribution in [0.2, 0.25) is 0 Å². The van der Waals surface area contributed by atoms with E-state index in [2.05, 4.69) is 5.32 Å². The fourth-order valence-corrected chi connectivity index (χ4v) is 5.81. The zero-order chi connectivity index (χ0) is 21.0. The van der Waals surface area contributed by atoms with Gasteiger partial charge in [-0.15, -0.1) is 0 Å². The summed E-state index contributed by atoms with van der Waals surface area (Å²) in [6, 6.07) is 6.25. The number of carbonyl (C=O) groups is 2. The molecular formula is C20H29N3O5S. The van der Waals surface area contributed by atoms with Crippen LogP contribution in [-0.4, -0.2) is 68.8 Å². The quantitative estimate of drug-likeness (QED) is 0.789. The molecule has 1 aromatic rings. The second-order valence-electron chi connectivity index (χ2n) is 7.54. The number of nitrogens with zero attached hydrogens (tertiary/aromatic N) is 2. The number of hydrogen-bond acceptors (Lipinski definition) is 5. The van der Waals surface area contributed by atoms with Crippen LogP contribution in [0, 0.1) is 5.92 Å². The number of ether oxygens (including phenoxy) is 1. The minimum Gasteiger partial charge on any atom is -0.497 e. The minimum atomic E-state index is -3.75. The van der Waals surface area contributed by atoms with Crippen LogP contribution in [-0.2, 0) is 19.6 Å². The largest absolute Gasteiger partial charge is 0.497 e. The minimum absolute atomic E-state index is 0.0730. The molecular weight excluding hydrogens is 394 g/mol. The Hall–Kier alpha value is -2.13. The van der Waals surface area contributed by atoms with Crippen LogP contribution in [0.4, 0.5) is 0 Å². The van der Waals surface area contributed by atoms with E-state index in [1.807, 2.05) is 0 Å². The van der Waals surface area contributed by atoms with E-state index in [-0.39, 0.29) is 48.3 Å². The molecule has 1 N–H and O–H groups in total. The standard InChI is InChI=1S/C20H29N3O5S/c1-15(24)23-12-5-11-22(13-10-21-20(25)18-8-4-9-19(18)23)29(26,27)17-7-3-6-16(14-17)28-2/h3,6-7,14,18-19H,4-5,8-13H2,1-2H3,(H,21,25)/t18-,19+/m1/s1. The Balaban J connectivity index is 1.83. The molecule has 160 valence electrons. The van der Waals surface area contributed by atoms with E-state index >= 15 is 0 Å². The van der Waals surface area contributed by atoms with Crippen LogP contribution in [0.25, 0.3) is 0 Å². The van der Waals surface area contributed by atoms with Crippen LogP contribution < -0.4 is 10.1 Å². The van der Waals surface area contributed by atoms with Crippen LogP contribution >= 0.6 is 0 Å². The van der Waals surface area contributed by atoms with Crippen molar-refractivity contribution in [1.82, 2.24) is 14.5 Å². The molecule has 0 spiro atoms. The second kappa shape index (κ2) is 9.13. The van der Waals surface area contributed by atoms with E-state index < -0.39 is 10.0 Å². The fourth-order valence-electron chi connectivity index (χ4n) is 4.29. The highest BCUT2D eigenvalue weighted by Crippen LogP contribution is 2.31. The maximum atomic E-state index is 13.2. The Labute approximate surface area is 172 Å². The summed E-state index contributed by atoms with van der Waals surface area (Å²) in [6.07, 6.45) is 3.00. The van der Waals surface area contributed by atoms with Crippen molar-refractivity contribution in [3.8, 4) is 5.75 Å². The third-order valence-electron chi connectivity index (χ3n) is 5.77. The van der Waals surface area contributed by atoms with Gasteiger partial charge in [-0.05, 0) is 31.4 Å². The monoisotopic (exact) mass is 423 g/mol. The molecule has 1 aromatic carbocycles. The Morgan fingerprint density at radius 1 is 1.17 bits per heavy atom.